The first-order valence-electron chi connectivity index (χ1n) is 9.51. The van der Waals surface area contributed by atoms with Crippen LogP contribution in [0, 0.1) is 0 Å². The van der Waals surface area contributed by atoms with Gasteiger partial charge in [-0.2, -0.15) is 0 Å². The Morgan fingerprint density at radius 2 is 2.14 bits per heavy atom. The van der Waals surface area contributed by atoms with Gasteiger partial charge in [0.1, 0.15) is 16.5 Å². The molecule has 29 heavy (non-hydrogen) atoms. The molecule has 1 unspecified atom stereocenters. The molecule has 0 radical (unpaired) electrons. The van der Waals surface area contributed by atoms with Gasteiger partial charge in [-0.3, -0.25) is 4.79 Å². The Morgan fingerprint density at radius 1 is 1.31 bits per heavy atom. The third-order valence-electron chi connectivity index (χ3n) is 4.65. The molecule has 0 fully saturated rings. The smallest absolute Gasteiger partial charge is 0.226 e. The van der Waals surface area contributed by atoms with E-state index in [9.17, 15) is 4.79 Å². The molecule has 1 aliphatic heterocycles. The zero-order chi connectivity index (χ0) is 20.2. The first-order chi connectivity index (χ1) is 14.1. The lowest BCUT2D eigenvalue weighted by Gasteiger charge is -2.26. The van der Waals surface area contributed by atoms with Gasteiger partial charge < -0.3 is 14.8 Å². The molecule has 1 amide bonds. The first-order valence-corrected chi connectivity index (χ1v) is 11.2. The third kappa shape index (κ3) is 4.79. The van der Waals surface area contributed by atoms with Crippen LogP contribution in [0.3, 0.4) is 0 Å². The maximum atomic E-state index is 12.6. The number of fused-ring (bicyclic) bond motifs is 1. The van der Waals surface area contributed by atoms with Gasteiger partial charge in [0.25, 0.3) is 0 Å². The highest BCUT2D eigenvalue weighted by atomic mass is 79.9. The number of halogens is 1. The van der Waals surface area contributed by atoms with E-state index in [0.717, 1.165) is 44.2 Å². The molecule has 150 valence electrons. The number of thiazole rings is 1. The van der Waals surface area contributed by atoms with Crippen molar-refractivity contribution in [1.82, 2.24) is 10.3 Å². The van der Waals surface area contributed by atoms with Crippen molar-refractivity contribution in [2.75, 3.05) is 13.2 Å². The lowest BCUT2D eigenvalue weighted by Crippen LogP contribution is -2.33. The summed E-state index contributed by atoms with van der Waals surface area (Å²) in [4.78, 5) is 17.3. The molecule has 1 aromatic heterocycles. The summed E-state index contributed by atoms with van der Waals surface area (Å²) in [5.74, 6) is 1.64. The molecule has 0 bridgehead atoms. The second-order valence-corrected chi connectivity index (χ2v) is 8.49. The number of rotatable bonds is 6. The van der Waals surface area contributed by atoms with Gasteiger partial charge in [-0.05, 0) is 49.4 Å². The summed E-state index contributed by atoms with van der Waals surface area (Å²) in [6.07, 6.45) is 1.01. The molecule has 0 saturated carbocycles. The minimum absolute atomic E-state index is 0.0358. The van der Waals surface area contributed by atoms with Crippen LogP contribution in [0.5, 0.6) is 11.5 Å². The molecule has 3 aromatic rings. The first kappa shape index (κ1) is 19.9. The Kier molecular flexibility index (Phi) is 6.16. The zero-order valence-corrected chi connectivity index (χ0v) is 18.4. The Hall–Kier alpha value is -2.38. The lowest BCUT2D eigenvalue weighted by molar-refractivity contribution is -0.121. The molecule has 0 saturated heterocycles. The highest BCUT2D eigenvalue weighted by molar-refractivity contribution is 9.10. The molecule has 2 aromatic carbocycles. The normalized spacial score (nSPS) is 15.3. The van der Waals surface area contributed by atoms with Gasteiger partial charge in [-0.15, -0.1) is 11.3 Å². The van der Waals surface area contributed by atoms with E-state index in [1.807, 2.05) is 54.8 Å². The molecule has 0 spiro atoms. The average Bonchev–Trinajstić information content (AvgIpc) is 3.17. The van der Waals surface area contributed by atoms with Crippen molar-refractivity contribution in [2.45, 2.75) is 25.8 Å². The van der Waals surface area contributed by atoms with Crippen LogP contribution in [0.15, 0.2) is 52.3 Å². The fourth-order valence-corrected chi connectivity index (χ4v) is 4.51. The summed E-state index contributed by atoms with van der Waals surface area (Å²) in [5.41, 5.74) is 2.80. The van der Waals surface area contributed by atoms with E-state index < -0.39 is 0 Å². The number of ether oxygens (including phenoxy) is 2. The van der Waals surface area contributed by atoms with Gasteiger partial charge in [0.05, 0.1) is 31.4 Å². The summed E-state index contributed by atoms with van der Waals surface area (Å²) in [5, 5.41) is 5.97. The fourth-order valence-electron chi connectivity index (χ4n) is 3.31. The summed E-state index contributed by atoms with van der Waals surface area (Å²) in [6.45, 7) is 3.20. The predicted molar refractivity (Wildman–Crippen MR) is 118 cm³/mol. The average molecular weight is 473 g/mol. The van der Waals surface area contributed by atoms with Crippen LogP contribution in [-0.4, -0.2) is 24.1 Å². The Bertz CT molecular complexity index is 1000. The van der Waals surface area contributed by atoms with E-state index in [-0.39, 0.29) is 18.4 Å². The van der Waals surface area contributed by atoms with E-state index >= 15 is 0 Å². The number of carbonyl (C=O) groups is 1. The molecule has 1 atom stereocenters. The van der Waals surface area contributed by atoms with Crippen LogP contribution in [0.4, 0.5) is 0 Å². The number of hydrogen-bond donors (Lipinski definition) is 1. The standard InChI is InChI=1S/C22H21BrN2O3S/c1-2-27-17-6-3-14(4-7-17)22-24-16(13-29-22)12-21(26)25-19-9-10-28-20-8-5-15(23)11-18(19)20/h3-8,11,13,19H,2,9-10,12H2,1H3,(H,25,26). The third-order valence-corrected chi connectivity index (χ3v) is 6.09. The van der Waals surface area contributed by atoms with E-state index in [0.29, 0.717) is 13.2 Å². The quantitative estimate of drug-likeness (QED) is 0.538. The molecule has 0 aliphatic carbocycles. The van der Waals surface area contributed by atoms with Crippen LogP contribution in [0.1, 0.15) is 30.6 Å². The highest BCUT2D eigenvalue weighted by Gasteiger charge is 2.23. The number of amides is 1. The molecule has 7 heteroatoms. The second kappa shape index (κ2) is 8.97. The van der Waals surface area contributed by atoms with Crippen molar-refractivity contribution >= 4 is 33.2 Å². The number of aromatic nitrogens is 1. The van der Waals surface area contributed by atoms with E-state index in [1.54, 1.807) is 11.3 Å². The van der Waals surface area contributed by atoms with Crippen molar-refractivity contribution in [2.24, 2.45) is 0 Å². The summed E-state index contributed by atoms with van der Waals surface area (Å²) in [7, 11) is 0. The Morgan fingerprint density at radius 3 is 2.93 bits per heavy atom. The van der Waals surface area contributed by atoms with Gasteiger partial charge in [-0.25, -0.2) is 4.98 Å². The number of nitrogens with one attached hydrogen (secondary N) is 1. The SMILES string of the molecule is CCOc1ccc(-c2nc(CC(=O)NC3CCOc4ccc(Br)cc43)cs2)cc1. The predicted octanol–water partition coefficient (Wildman–Crippen LogP) is 5.15. The van der Waals surface area contributed by atoms with Crippen molar-refractivity contribution in [3.63, 3.8) is 0 Å². The number of nitrogens with zero attached hydrogens (tertiary/aromatic N) is 1. The summed E-state index contributed by atoms with van der Waals surface area (Å²) < 4.78 is 12.1. The van der Waals surface area contributed by atoms with Crippen molar-refractivity contribution in [1.29, 1.82) is 0 Å². The van der Waals surface area contributed by atoms with Gasteiger partial charge in [0, 0.05) is 27.4 Å². The van der Waals surface area contributed by atoms with Crippen LogP contribution < -0.4 is 14.8 Å². The minimum atomic E-state index is -0.0482. The van der Waals surface area contributed by atoms with Gasteiger partial charge >= 0.3 is 0 Å². The molecule has 2 heterocycles. The molecular weight excluding hydrogens is 452 g/mol. The van der Waals surface area contributed by atoms with Gasteiger partial charge in [0.2, 0.25) is 5.91 Å². The number of benzene rings is 2. The van der Waals surface area contributed by atoms with Gasteiger partial charge in [0.15, 0.2) is 0 Å². The maximum Gasteiger partial charge on any atom is 0.226 e. The van der Waals surface area contributed by atoms with Crippen LogP contribution in [0.25, 0.3) is 10.6 Å². The molecule has 1 aliphatic rings. The van der Waals surface area contributed by atoms with Crippen molar-refractivity contribution in [3.8, 4) is 22.1 Å². The zero-order valence-electron chi connectivity index (χ0n) is 16.0. The van der Waals surface area contributed by atoms with Crippen LogP contribution in [-0.2, 0) is 11.2 Å². The monoisotopic (exact) mass is 472 g/mol. The fraction of sp³-hybridized carbons (Fsp3) is 0.273. The maximum absolute atomic E-state index is 12.6. The summed E-state index contributed by atoms with van der Waals surface area (Å²) >= 11 is 5.03. The van der Waals surface area contributed by atoms with Crippen molar-refractivity contribution in [3.05, 3.63) is 63.6 Å². The lowest BCUT2D eigenvalue weighted by atomic mass is 10.0. The number of hydrogen-bond acceptors (Lipinski definition) is 5. The van der Waals surface area contributed by atoms with E-state index in [4.69, 9.17) is 9.47 Å². The van der Waals surface area contributed by atoms with Gasteiger partial charge in [-0.1, -0.05) is 15.9 Å². The van der Waals surface area contributed by atoms with E-state index in [2.05, 4.69) is 26.2 Å². The molecule has 5 nitrogen and oxygen atoms in total. The number of carbonyl (C=O) groups excluding carboxylic acids is 1. The highest BCUT2D eigenvalue weighted by Crippen LogP contribution is 2.34. The minimum Gasteiger partial charge on any atom is -0.494 e. The van der Waals surface area contributed by atoms with E-state index in [1.165, 1.54) is 0 Å². The topological polar surface area (TPSA) is 60.5 Å². The Labute approximate surface area is 182 Å². The summed E-state index contributed by atoms with van der Waals surface area (Å²) in [6, 6.07) is 13.7. The Balaban J connectivity index is 1.41. The van der Waals surface area contributed by atoms with Crippen LogP contribution >= 0.6 is 27.3 Å². The largest absolute Gasteiger partial charge is 0.494 e. The second-order valence-electron chi connectivity index (χ2n) is 6.72. The molecule has 4 rings (SSSR count). The van der Waals surface area contributed by atoms with Crippen molar-refractivity contribution < 1.29 is 14.3 Å². The molecule has 1 N–H and O–H groups in total. The molecular formula is C22H21BrN2O3S. The van der Waals surface area contributed by atoms with Crippen LogP contribution in [0.2, 0.25) is 0 Å².